The summed E-state index contributed by atoms with van der Waals surface area (Å²) in [5.74, 6) is -0.584. The molecule has 11 heteroatoms. The largest absolute Gasteiger partial charge is 0.484 e. The van der Waals surface area contributed by atoms with Crippen LogP contribution in [0, 0.1) is 11.3 Å². The predicted molar refractivity (Wildman–Crippen MR) is 115 cm³/mol. The first-order chi connectivity index (χ1) is 15.6. The molecule has 2 aromatic carbocycles. The van der Waals surface area contributed by atoms with Crippen molar-refractivity contribution in [3.63, 3.8) is 0 Å². The number of anilines is 1. The number of carbonyl (C=O) groups is 2. The Morgan fingerprint density at radius 2 is 2.00 bits per heavy atom. The minimum Gasteiger partial charge on any atom is -0.484 e. The number of nitriles is 1. The molecule has 174 valence electrons. The Morgan fingerprint density at radius 3 is 2.67 bits per heavy atom. The number of urea groups is 1. The number of nitrogens with zero attached hydrogens (tertiary/aromatic N) is 3. The molecule has 3 amide bonds. The highest BCUT2D eigenvalue weighted by Crippen LogP contribution is 2.31. The summed E-state index contributed by atoms with van der Waals surface area (Å²) in [5, 5.41) is 11.2. The molecule has 0 radical (unpaired) electrons. The molecule has 0 aliphatic carbocycles. The average Bonchev–Trinajstić information content (AvgIpc) is 2.92. The first-order valence-corrected chi connectivity index (χ1v) is 10.3. The van der Waals surface area contributed by atoms with Crippen LogP contribution in [0.15, 0.2) is 42.5 Å². The van der Waals surface area contributed by atoms with Crippen LogP contribution < -0.4 is 15.0 Å². The highest BCUT2D eigenvalue weighted by molar-refractivity contribution is 6.34. The van der Waals surface area contributed by atoms with Crippen LogP contribution >= 0.6 is 11.6 Å². The van der Waals surface area contributed by atoms with Gasteiger partial charge in [0.2, 0.25) is 0 Å². The number of benzene rings is 2. The minimum absolute atomic E-state index is 0.0577. The van der Waals surface area contributed by atoms with Crippen LogP contribution in [-0.2, 0) is 6.54 Å². The fraction of sp³-hybridized carbons (Fsp3) is 0.318. The smallest absolute Gasteiger partial charge is 0.422 e. The molecule has 33 heavy (non-hydrogen) atoms. The van der Waals surface area contributed by atoms with E-state index in [0.29, 0.717) is 11.3 Å². The van der Waals surface area contributed by atoms with Crippen molar-refractivity contribution < 1.29 is 27.5 Å². The first kappa shape index (κ1) is 24.2. The second-order valence-electron chi connectivity index (χ2n) is 7.38. The number of alkyl halides is 3. The number of nitrogens with one attached hydrogen (secondary N) is 1. The lowest BCUT2D eigenvalue weighted by Crippen LogP contribution is -2.48. The summed E-state index contributed by atoms with van der Waals surface area (Å²) in [4.78, 5) is 29.0. The fourth-order valence-electron chi connectivity index (χ4n) is 3.46. The topological polar surface area (TPSA) is 85.7 Å². The highest BCUT2D eigenvalue weighted by Gasteiger charge is 2.32. The normalized spacial score (nSPS) is 15.8. The second-order valence-corrected chi connectivity index (χ2v) is 7.79. The molecule has 0 fully saturated rings. The van der Waals surface area contributed by atoms with E-state index in [4.69, 9.17) is 16.9 Å². The minimum atomic E-state index is -4.50. The number of carbonyl (C=O) groups excluding carboxylic acids is 2. The molecule has 0 spiro atoms. The van der Waals surface area contributed by atoms with Crippen molar-refractivity contribution >= 4 is 29.2 Å². The van der Waals surface area contributed by atoms with Gasteiger partial charge < -0.3 is 19.9 Å². The molecule has 0 saturated heterocycles. The quantitative estimate of drug-likeness (QED) is 0.659. The Kier molecular flexibility index (Phi) is 7.33. The number of amides is 3. The summed E-state index contributed by atoms with van der Waals surface area (Å²) in [6.07, 6.45) is -4.50. The van der Waals surface area contributed by atoms with E-state index in [9.17, 15) is 22.8 Å². The van der Waals surface area contributed by atoms with Crippen molar-refractivity contribution in [1.29, 1.82) is 5.26 Å². The molecular weight excluding hydrogens is 461 g/mol. The van der Waals surface area contributed by atoms with Gasteiger partial charge in [0.15, 0.2) is 6.61 Å². The zero-order chi connectivity index (χ0) is 24.2. The molecule has 1 aliphatic rings. The van der Waals surface area contributed by atoms with Gasteiger partial charge >= 0.3 is 12.2 Å². The number of halogens is 4. The van der Waals surface area contributed by atoms with Crippen molar-refractivity contribution in [3.05, 3.63) is 58.6 Å². The third kappa shape index (κ3) is 5.87. The Bertz CT molecular complexity index is 1090. The van der Waals surface area contributed by atoms with Gasteiger partial charge in [-0.25, -0.2) is 4.79 Å². The molecule has 1 N–H and O–H groups in total. The molecule has 1 aliphatic heterocycles. The third-order valence-corrected chi connectivity index (χ3v) is 5.31. The average molecular weight is 481 g/mol. The van der Waals surface area contributed by atoms with E-state index in [0.717, 1.165) is 6.07 Å². The molecular formula is C22H20ClF3N4O3. The monoisotopic (exact) mass is 480 g/mol. The summed E-state index contributed by atoms with van der Waals surface area (Å²) in [6.45, 7) is 0.505. The van der Waals surface area contributed by atoms with Gasteiger partial charge in [-0.1, -0.05) is 29.8 Å². The van der Waals surface area contributed by atoms with Gasteiger partial charge in [0, 0.05) is 24.8 Å². The van der Waals surface area contributed by atoms with Gasteiger partial charge in [0.05, 0.1) is 16.7 Å². The lowest BCUT2D eigenvalue weighted by Gasteiger charge is -2.29. The number of rotatable bonds is 4. The zero-order valence-corrected chi connectivity index (χ0v) is 18.3. The zero-order valence-electron chi connectivity index (χ0n) is 17.5. The molecule has 1 atom stereocenters. The van der Waals surface area contributed by atoms with Gasteiger partial charge in [0.1, 0.15) is 12.3 Å². The first-order valence-electron chi connectivity index (χ1n) is 9.91. The summed E-state index contributed by atoms with van der Waals surface area (Å²) >= 11 is 6.22. The molecule has 0 unspecified atom stereocenters. The van der Waals surface area contributed by atoms with Crippen LogP contribution in [0.4, 0.5) is 23.7 Å². The van der Waals surface area contributed by atoms with E-state index in [1.54, 1.807) is 31.2 Å². The maximum Gasteiger partial charge on any atom is 0.422 e. The summed E-state index contributed by atoms with van der Waals surface area (Å²) in [6, 6.07) is 11.8. The second kappa shape index (κ2) is 10.0. The van der Waals surface area contributed by atoms with Gasteiger partial charge in [-0.2, -0.15) is 18.4 Å². The van der Waals surface area contributed by atoms with E-state index in [1.165, 1.54) is 21.9 Å². The van der Waals surface area contributed by atoms with Crippen molar-refractivity contribution in [3.8, 4) is 11.8 Å². The lowest BCUT2D eigenvalue weighted by molar-refractivity contribution is -0.153. The number of hydrogen-bond acceptors (Lipinski definition) is 4. The molecule has 7 nitrogen and oxygen atoms in total. The fourth-order valence-corrected chi connectivity index (χ4v) is 3.71. The van der Waals surface area contributed by atoms with E-state index in [-0.39, 0.29) is 36.0 Å². The van der Waals surface area contributed by atoms with Gasteiger partial charge in [-0.3, -0.25) is 4.79 Å². The van der Waals surface area contributed by atoms with Crippen molar-refractivity contribution in [2.24, 2.45) is 0 Å². The molecule has 0 aromatic heterocycles. The van der Waals surface area contributed by atoms with Crippen LogP contribution in [0.5, 0.6) is 5.75 Å². The Hall–Kier alpha value is -3.45. The number of para-hydroxylation sites is 1. The van der Waals surface area contributed by atoms with Gasteiger partial charge in [-0.15, -0.1) is 0 Å². The van der Waals surface area contributed by atoms with Crippen LogP contribution in [-0.4, -0.2) is 48.8 Å². The van der Waals surface area contributed by atoms with Crippen LogP contribution in [0.2, 0.25) is 5.02 Å². The number of hydrogen-bond donors (Lipinski definition) is 1. The molecule has 1 heterocycles. The van der Waals surface area contributed by atoms with Crippen LogP contribution in [0.3, 0.4) is 0 Å². The molecule has 3 rings (SSSR count). The SMILES string of the molecule is C[C@@H]1CN(C(=O)c2ccc(OCC(F)(F)F)cc2Cl)c2ccccc2CN1C(=O)NCC#N. The van der Waals surface area contributed by atoms with E-state index < -0.39 is 30.8 Å². The van der Waals surface area contributed by atoms with Crippen molar-refractivity contribution in [2.45, 2.75) is 25.7 Å². The van der Waals surface area contributed by atoms with E-state index in [2.05, 4.69) is 10.1 Å². The Balaban J connectivity index is 1.89. The maximum absolute atomic E-state index is 13.4. The Labute approximate surface area is 193 Å². The Morgan fingerprint density at radius 1 is 1.27 bits per heavy atom. The molecule has 0 saturated carbocycles. The van der Waals surface area contributed by atoms with Crippen molar-refractivity contribution in [1.82, 2.24) is 10.2 Å². The summed E-state index contributed by atoms with van der Waals surface area (Å²) < 4.78 is 41.9. The summed E-state index contributed by atoms with van der Waals surface area (Å²) in [7, 11) is 0. The maximum atomic E-state index is 13.4. The predicted octanol–water partition coefficient (Wildman–Crippen LogP) is 4.37. The van der Waals surface area contributed by atoms with Gasteiger partial charge in [0.25, 0.3) is 5.91 Å². The molecule has 0 bridgehead atoms. The van der Waals surface area contributed by atoms with E-state index in [1.807, 2.05) is 6.07 Å². The number of fused-ring (bicyclic) bond motifs is 1. The third-order valence-electron chi connectivity index (χ3n) is 5.00. The van der Waals surface area contributed by atoms with Crippen LogP contribution in [0.25, 0.3) is 0 Å². The van der Waals surface area contributed by atoms with Gasteiger partial charge in [-0.05, 0) is 36.8 Å². The van der Waals surface area contributed by atoms with Crippen LogP contribution in [0.1, 0.15) is 22.8 Å². The van der Waals surface area contributed by atoms with Crippen molar-refractivity contribution in [2.75, 3.05) is 24.6 Å². The summed E-state index contributed by atoms with van der Waals surface area (Å²) in [5.41, 5.74) is 1.38. The number of ether oxygens (including phenoxy) is 1. The highest BCUT2D eigenvalue weighted by atomic mass is 35.5. The van der Waals surface area contributed by atoms with E-state index >= 15 is 0 Å². The standard InChI is InChI=1S/C22H20ClF3N4O3/c1-14-11-30(19-5-3-2-4-15(19)12-29(14)21(32)28-9-8-27)20(31)17-7-6-16(10-18(17)23)33-13-22(24,25)26/h2-7,10,14H,9,11-13H2,1H3,(H,28,32)/t14-/m1/s1. The lowest BCUT2D eigenvalue weighted by atomic mass is 10.1. The molecule has 2 aromatic rings.